The lowest BCUT2D eigenvalue weighted by atomic mass is 9.68. The number of carbonyl (C=O) groups excluding carboxylic acids is 1. The largest absolute Gasteiger partial charge is 0.299 e. The number of ketones is 1. The highest BCUT2D eigenvalue weighted by Crippen LogP contribution is 2.74. The standard InChI is InChI=1S/C14H22O/c1-12(2)10-6-8-13(12,3)9-14(10)7-4-5-11(14)15/h10H,4-9H2,1-3H3. The van der Waals surface area contributed by atoms with Crippen LogP contribution in [0.25, 0.3) is 0 Å². The van der Waals surface area contributed by atoms with Crippen LogP contribution < -0.4 is 0 Å². The first-order valence-electron chi connectivity index (χ1n) is 6.46. The van der Waals surface area contributed by atoms with Gasteiger partial charge in [-0.15, -0.1) is 0 Å². The van der Waals surface area contributed by atoms with Crippen LogP contribution in [0.1, 0.15) is 59.3 Å². The zero-order valence-corrected chi connectivity index (χ0v) is 10.2. The van der Waals surface area contributed by atoms with Crippen molar-refractivity contribution in [2.75, 3.05) is 0 Å². The molecule has 3 atom stereocenters. The van der Waals surface area contributed by atoms with Gasteiger partial charge < -0.3 is 0 Å². The van der Waals surface area contributed by atoms with Gasteiger partial charge in [0.1, 0.15) is 5.78 Å². The normalized spacial score (nSPS) is 51.9. The van der Waals surface area contributed by atoms with E-state index in [-0.39, 0.29) is 5.41 Å². The lowest BCUT2D eigenvalue weighted by Gasteiger charge is -2.34. The Labute approximate surface area is 92.6 Å². The summed E-state index contributed by atoms with van der Waals surface area (Å²) < 4.78 is 0. The Bertz CT molecular complexity index is 327. The zero-order valence-electron chi connectivity index (χ0n) is 10.2. The minimum absolute atomic E-state index is 0.122. The third-order valence-electron chi connectivity index (χ3n) is 6.37. The van der Waals surface area contributed by atoms with Gasteiger partial charge in [-0.3, -0.25) is 4.79 Å². The van der Waals surface area contributed by atoms with Crippen molar-refractivity contribution < 1.29 is 4.79 Å². The van der Waals surface area contributed by atoms with Gasteiger partial charge in [0.2, 0.25) is 0 Å². The predicted molar refractivity (Wildman–Crippen MR) is 60.5 cm³/mol. The fourth-order valence-corrected chi connectivity index (χ4v) is 5.18. The van der Waals surface area contributed by atoms with Crippen molar-refractivity contribution >= 4 is 5.78 Å². The van der Waals surface area contributed by atoms with E-state index in [4.69, 9.17) is 0 Å². The number of hydrogen-bond donors (Lipinski definition) is 0. The molecular formula is C14H22O. The van der Waals surface area contributed by atoms with E-state index in [1.54, 1.807) is 0 Å². The predicted octanol–water partition coefficient (Wildman–Crippen LogP) is 3.57. The molecule has 0 aromatic rings. The molecule has 84 valence electrons. The van der Waals surface area contributed by atoms with Crippen LogP contribution in [-0.4, -0.2) is 5.78 Å². The third kappa shape index (κ3) is 0.893. The molecule has 1 heteroatoms. The van der Waals surface area contributed by atoms with Gasteiger partial charge in [-0.2, -0.15) is 0 Å². The second kappa shape index (κ2) is 2.49. The summed E-state index contributed by atoms with van der Waals surface area (Å²) in [4.78, 5) is 12.2. The topological polar surface area (TPSA) is 17.1 Å². The Morgan fingerprint density at radius 1 is 1.20 bits per heavy atom. The van der Waals surface area contributed by atoms with Crippen LogP contribution in [0, 0.1) is 22.2 Å². The molecule has 0 aromatic carbocycles. The molecule has 3 aliphatic rings. The maximum Gasteiger partial charge on any atom is 0.139 e. The Morgan fingerprint density at radius 3 is 2.33 bits per heavy atom. The molecule has 3 aliphatic carbocycles. The fourth-order valence-electron chi connectivity index (χ4n) is 5.18. The van der Waals surface area contributed by atoms with Crippen molar-refractivity contribution in [2.45, 2.75) is 59.3 Å². The molecule has 0 radical (unpaired) electrons. The smallest absolute Gasteiger partial charge is 0.139 e. The summed E-state index contributed by atoms with van der Waals surface area (Å²) in [7, 11) is 0. The Morgan fingerprint density at radius 2 is 1.93 bits per heavy atom. The summed E-state index contributed by atoms with van der Waals surface area (Å²) in [5.74, 6) is 1.29. The first-order chi connectivity index (χ1) is 6.92. The number of Topliss-reactive ketones (excluding diaryl/α,β-unsaturated/α-hetero) is 1. The summed E-state index contributed by atoms with van der Waals surface area (Å²) in [6.07, 6.45) is 7.05. The SMILES string of the molecule is CC12CCC(C3(CCCC3=O)C1)C2(C)C. The molecule has 3 unspecified atom stereocenters. The van der Waals surface area contributed by atoms with Gasteiger partial charge in [0.15, 0.2) is 0 Å². The van der Waals surface area contributed by atoms with Gasteiger partial charge in [0, 0.05) is 11.8 Å². The molecular weight excluding hydrogens is 184 g/mol. The van der Waals surface area contributed by atoms with E-state index >= 15 is 0 Å². The molecule has 0 amide bonds. The van der Waals surface area contributed by atoms with E-state index in [0.717, 1.165) is 12.8 Å². The van der Waals surface area contributed by atoms with E-state index in [9.17, 15) is 4.79 Å². The Hall–Kier alpha value is -0.330. The molecule has 1 spiro atoms. The molecule has 0 saturated heterocycles. The number of fused-ring (bicyclic) bond motifs is 3. The van der Waals surface area contributed by atoms with Crippen LogP contribution in [0.2, 0.25) is 0 Å². The van der Waals surface area contributed by atoms with Crippen molar-refractivity contribution in [3.05, 3.63) is 0 Å². The van der Waals surface area contributed by atoms with Crippen molar-refractivity contribution in [1.82, 2.24) is 0 Å². The molecule has 0 aromatic heterocycles. The number of hydrogen-bond acceptors (Lipinski definition) is 1. The molecule has 0 heterocycles. The summed E-state index contributed by atoms with van der Waals surface area (Å²) in [5.41, 5.74) is 0.959. The minimum Gasteiger partial charge on any atom is -0.299 e. The molecule has 0 N–H and O–H groups in total. The second-order valence-corrected chi connectivity index (χ2v) is 6.98. The van der Waals surface area contributed by atoms with Crippen LogP contribution >= 0.6 is 0 Å². The van der Waals surface area contributed by atoms with E-state index in [1.165, 1.54) is 25.7 Å². The molecule has 2 bridgehead atoms. The van der Waals surface area contributed by atoms with Gasteiger partial charge in [0.05, 0.1) is 0 Å². The monoisotopic (exact) mass is 206 g/mol. The van der Waals surface area contributed by atoms with Crippen LogP contribution in [0.5, 0.6) is 0 Å². The maximum atomic E-state index is 12.2. The highest BCUT2D eigenvalue weighted by atomic mass is 16.1. The third-order valence-corrected chi connectivity index (χ3v) is 6.37. The van der Waals surface area contributed by atoms with Gasteiger partial charge in [-0.05, 0) is 48.9 Å². The fraction of sp³-hybridized carbons (Fsp3) is 0.929. The summed E-state index contributed by atoms with van der Waals surface area (Å²) >= 11 is 0. The van der Waals surface area contributed by atoms with Gasteiger partial charge >= 0.3 is 0 Å². The van der Waals surface area contributed by atoms with Crippen LogP contribution in [0.4, 0.5) is 0 Å². The van der Waals surface area contributed by atoms with E-state index in [0.29, 0.717) is 22.5 Å². The van der Waals surface area contributed by atoms with Gasteiger partial charge in [-0.25, -0.2) is 0 Å². The van der Waals surface area contributed by atoms with Gasteiger partial charge in [-0.1, -0.05) is 20.8 Å². The average molecular weight is 206 g/mol. The second-order valence-electron chi connectivity index (χ2n) is 6.98. The number of rotatable bonds is 0. The first-order valence-corrected chi connectivity index (χ1v) is 6.46. The number of carbonyl (C=O) groups is 1. The zero-order chi connectivity index (χ0) is 10.9. The van der Waals surface area contributed by atoms with Crippen molar-refractivity contribution in [1.29, 1.82) is 0 Å². The van der Waals surface area contributed by atoms with Crippen molar-refractivity contribution in [3.8, 4) is 0 Å². The highest BCUT2D eigenvalue weighted by Gasteiger charge is 2.69. The molecule has 1 nitrogen and oxygen atoms in total. The Kier molecular flexibility index (Phi) is 1.64. The molecule has 3 saturated carbocycles. The molecule has 0 aliphatic heterocycles. The molecule has 3 fully saturated rings. The van der Waals surface area contributed by atoms with E-state index in [2.05, 4.69) is 20.8 Å². The average Bonchev–Trinajstić information content (AvgIpc) is 2.62. The Balaban J connectivity index is 2.08. The lowest BCUT2D eigenvalue weighted by molar-refractivity contribution is -0.129. The van der Waals surface area contributed by atoms with Gasteiger partial charge in [0.25, 0.3) is 0 Å². The van der Waals surface area contributed by atoms with Crippen LogP contribution in [0.3, 0.4) is 0 Å². The maximum absolute atomic E-state index is 12.2. The van der Waals surface area contributed by atoms with Crippen molar-refractivity contribution in [3.63, 3.8) is 0 Å². The van der Waals surface area contributed by atoms with Crippen molar-refractivity contribution in [2.24, 2.45) is 22.2 Å². The quantitative estimate of drug-likeness (QED) is 0.592. The minimum atomic E-state index is 0.122. The molecule has 3 rings (SSSR count). The summed E-state index contributed by atoms with van der Waals surface area (Å²) in [5, 5.41) is 0. The van der Waals surface area contributed by atoms with E-state index < -0.39 is 0 Å². The summed E-state index contributed by atoms with van der Waals surface area (Å²) in [6.45, 7) is 7.24. The van der Waals surface area contributed by atoms with E-state index in [1.807, 2.05) is 0 Å². The molecule has 15 heavy (non-hydrogen) atoms. The lowest BCUT2D eigenvalue weighted by Crippen LogP contribution is -2.34. The van der Waals surface area contributed by atoms with Crippen LogP contribution in [0.15, 0.2) is 0 Å². The highest BCUT2D eigenvalue weighted by molar-refractivity contribution is 5.88. The van der Waals surface area contributed by atoms with Crippen LogP contribution in [-0.2, 0) is 4.79 Å². The first kappa shape index (κ1) is 9.86. The summed E-state index contributed by atoms with van der Waals surface area (Å²) in [6, 6.07) is 0.